The monoisotopic (exact) mass is 286 g/mol. The quantitative estimate of drug-likeness (QED) is 0.878. The minimum atomic E-state index is -0.192. The van der Waals surface area contributed by atoms with E-state index >= 15 is 0 Å². The Morgan fingerprint density at radius 3 is 2.76 bits per heavy atom. The Labute approximate surface area is 113 Å². The summed E-state index contributed by atoms with van der Waals surface area (Å²) in [5, 5.41) is 10.8. The van der Waals surface area contributed by atoms with Crippen molar-refractivity contribution in [2.75, 3.05) is 0 Å². The molecule has 0 atom stereocenters. The first-order valence-electron chi connectivity index (χ1n) is 4.74. The maximum absolute atomic E-state index is 9.23. The molecule has 0 saturated carbocycles. The van der Waals surface area contributed by atoms with Crippen LogP contribution >= 0.6 is 35.0 Å². The maximum Gasteiger partial charge on any atom is 0.139 e. The van der Waals surface area contributed by atoms with Crippen LogP contribution in [0.3, 0.4) is 0 Å². The standard InChI is InChI=1S/C11H8Cl2N2OS/c12-7-2-1-3-8(4-7)17-11-9(5-16)10(13)14-6-15-11/h1-4,6,16H,5H2. The molecule has 0 aliphatic heterocycles. The number of aliphatic hydroxyl groups is 1. The molecule has 0 aliphatic rings. The highest BCUT2D eigenvalue weighted by molar-refractivity contribution is 7.99. The summed E-state index contributed by atoms with van der Waals surface area (Å²) in [4.78, 5) is 8.86. The van der Waals surface area contributed by atoms with Gasteiger partial charge in [0, 0.05) is 15.5 Å². The lowest BCUT2D eigenvalue weighted by atomic mass is 10.4. The van der Waals surface area contributed by atoms with Crippen molar-refractivity contribution in [2.45, 2.75) is 16.5 Å². The Hall–Kier alpha value is -0.810. The summed E-state index contributed by atoms with van der Waals surface area (Å²) in [6, 6.07) is 7.38. The molecule has 0 saturated heterocycles. The molecule has 1 aromatic heterocycles. The predicted octanol–water partition coefficient (Wildman–Crippen LogP) is 3.43. The zero-order valence-electron chi connectivity index (χ0n) is 8.60. The molecule has 1 N–H and O–H groups in total. The van der Waals surface area contributed by atoms with Crippen LogP contribution in [0.1, 0.15) is 5.56 Å². The molecule has 2 aromatic rings. The minimum Gasteiger partial charge on any atom is -0.391 e. The van der Waals surface area contributed by atoms with Gasteiger partial charge in [0.05, 0.1) is 6.61 Å². The summed E-state index contributed by atoms with van der Waals surface area (Å²) in [6.07, 6.45) is 1.37. The Morgan fingerprint density at radius 2 is 2.06 bits per heavy atom. The number of nitrogens with zero attached hydrogens (tertiary/aromatic N) is 2. The highest BCUT2D eigenvalue weighted by Crippen LogP contribution is 2.32. The van der Waals surface area contributed by atoms with Gasteiger partial charge in [-0.2, -0.15) is 0 Å². The topological polar surface area (TPSA) is 46.0 Å². The van der Waals surface area contributed by atoms with E-state index < -0.39 is 0 Å². The van der Waals surface area contributed by atoms with Crippen molar-refractivity contribution in [3.05, 3.63) is 46.3 Å². The maximum atomic E-state index is 9.23. The van der Waals surface area contributed by atoms with E-state index in [-0.39, 0.29) is 11.8 Å². The molecule has 3 nitrogen and oxygen atoms in total. The average Bonchev–Trinajstić information content (AvgIpc) is 2.29. The van der Waals surface area contributed by atoms with Crippen molar-refractivity contribution in [3.8, 4) is 0 Å². The average molecular weight is 287 g/mol. The molecule has 0 radical (unpaired) electrons. The molecule has 6 heteroatoms. The summed E-state index contributed by atoms with van der Waals surface area (Å²) in [7, 11) is 0. The summed E-state index contributed by atoms with van der Waals surface area (Å²) >= 11 is 13.2. The molecule has 0 bridgehead atoms. The molecular formula is C11H8Cl2N2OS. The van der Waals surface area contributed by atoms with Crippen molar-refractivity contribution in [1.29, 1.82) is 0 Å². The smallest absolute Gasteiger partial charge is 0.139 e. The summed E-state index contributed by atoms with van der Waals surface area (Å²) in [5.41, 5.74) is 0.527. The number of hydrogen-bond acceptors (Lipinski definition) is 4. The molecule has 88 valence electrons. The predicted molar refractivity (Wildman–Crippen MR) is 68.5 cm³/mol. The Bertz CT molecular complexity index is 537. The second-order valence-corrected chi connectivity index (χ2v) is 5.02. The largest absolute Gasteiger partial charge is 0.391 e. The lowest BCUT2D eigenvalue weighted by molar-refractivity contribution is 0.277. The van der Waals surface area contributed by atoms with E-state index in [1.165, 1.54) is 18.1 Å². The van der Waals surface area contributed by atoms with Gasteiger partial charge in [-0.05, 0) is 18.2 Å². The van der Waals surface area contributed by atoms with Crippen LogP contribution in [-0.4, -0.2) is 15.1 Å². The molecule has 0 fully saturated rings. The van der Waals surface area contributed by atoms with Crippen LogP contribution in [0.2, 0.25) is 10.2 Å². The van der Waals surface area contributed by atoms with Crippen LogP contribution in [0.4, 0.5) is 0 Å². The second kappa shape index (κ2) is 5.69. The normalized spacial score (nSPS) is 10.5. The fraction of sp³-hybridized carbons (Fsp3) is 0.0909. The van der Waals surface area contributed by atoms with Crippen molar-refractivity contribution in [3.63, 3.8) is 0 Å². The molecule has 2 rings (SSSR count). The highest BCUT2D eigenvalue weighted by atomic mass is 35.5. The SMILES string of the molecule is OCc1c(Cl)ncnc1Sc1cccc(Cl)c1. The third kappa shape index (κ3) is 3.10. The van der Waals surface area contributed by atoms with E-state index in [9.17, 15) is 5.11 Å². The van der Waals surface area contributed by atoms with E-state index in [1.807, 2.05) is 18.2 Å². The van der Waals surface area contributed by atoms with Gasteiger partial charge in [-0.1, -0.05) is 41.0 Å². The van der Waals surface area contributed by atoms with Gasteiger partial charge in [0.2, 0.25) is 0 Å². The van der Waals surface area contributed by atoms with Gasteiger partial charge < -0.3 is 5.11 Å². The molecule has 1 heterocycles. The fourth-order valence-electron chi connectivity index (χ4n) is 1.24. The van der Waals surface area contributed by atoms with E-state index in [1.54, 1.807) is 6.07 Å². The molecule has 0 amide bonds. The van der Waals surface area contributed by atoms with Gasteiger partial charge in [-0.15, -0.1) is 0 Å². The molecule has 17 heavy (non-hydrogen) atoms. The second-order valence-electron chi connectivity index (χ2n) is 3.17. The summed E-state index contributed by atoms with van der Waals surface area (Å²) < 4.78 is 0. The van der Waals surface area contributed by atoms with Crippen molar-refractivity contribution in [2.24, 2.45) is 0 Å². The Morgan fingerprint density at radius 1 is 1.24 bits per heavy atom. The van der Waals surface area contributed by atoms with Gasteiger partial charge in [0.15, 0.2) is 0 Å². The van der Waals surface area contributed by atoms with Crippen LogP contribution in [0.15, 0.2) is 40.5 Å². The van der Waals surface area contributed by atoms with Crippen LogP contribution in [0.25, 0.3) is 0 Å². The first kappa shape index (κ1) is 12.6. The van der Waals surface area contributed by atoms with Crippen LogP contribution in [0.5, 0.6) is 0 Å². The van der Waals surface area contributed by atoms with E-state index in [0.717, 1.165) is 4.90 Å². The summed E-state index contributed by atoms with van der Waals surface area (Å²) in [6.45, 7) is -0.192. The zero-order chi connectivity index (χ0) is 12.3. The molecular weight excluding hydrogens is 279 g/mol. The molecule has 0 unspecified atom stereocenters. The molecule has 1 aromatic carbocycles. The van der Waals surface area contributed by atoms with Gasteiger partial charge in [0.25, 0.3) is 0 Å². The number of hydrogen-bond donors (Lipinski definition) is 1. The summed E-state index contributed by atoms with van der Waals surface area (Å²) in [5.74, 6) is 0. The van der Waals surface area contributed by atoms with Gasteiger partial charge >= 0.3 is 0 Å². The van der Waals surface area contributed by atoms with Gasteiger partial charge in [0.1, 0.15) is 16.5 Å². The van der Waals surface area contributed by atoms with Gasteiger partial charge in [-0.25, -0.2) is 9.97 Å². The molecule has 0 spiro atoms. The number of rotatable bonds is 3. The molecule has 0 aliphatic carbocycles. The highest BCUT2D eigenvalue weighted by Gasteiger charge is 2.10. The number of aliphatic hydroxyl groups excluding tert-OH is 1. The lowest BCUT2D eigenvalue weighted by Crippen LogP contribution is -1.95. The van der Waals surface area contributed by atoms with E-state index in [2.05, 4.69) is 9.97 Å². The number of halogens is 2. The van der Waals surface area contributed by atoms with Crippen molar-refractivity contribution >= 4 is 35.0 Å². The van der Waals surface area contributed by atoms with E-state index in [0.29, 0.717) is 15.6 Å². The number of aromatic nitrogens is 2. The van der Waals surface area contributed by atoms with Crippen molar-refractivity contribution < 1.29 is 5.11 Å². The minimum absolute atomic E-state index is 0.192. The number of benzene rings is 1. The third-order valence-corrected chi connectivity index (χ3v) is 3.62. The first-order chi connectivity index (χ1) is 8.20. The fourth-order valence-corrected chi connectivity index (χ4v) is 2.68. The lowest BCUT2D eigenvalue weighted by Gasteiger charge is -2.06. The third-order valence-electron chi connectivity index (χ3n) is 2.02. The van der Waals surface area contributed by atoms with Crippen molar-refractivity contribution in [1.82, 2.24) is 9.97 Å². The van der Waals surface area contributed by atoms with Crippen LogP contribution < -0.4 is 0 Å². The van der Waals surface area contributed by atoms with Crippen LogP contribution in [-0.2, 0) is 6.61 Å². The zero-order valence-corrected chi connectivity index (χ0v) is 10.9. The Kier molecular flexibility index (Phi) is 4.23. The van der Waals surface area contributed by atoms with Crippen LogP contribution in [0, 0.1) is 0 Å². The van der Waals surface area contributed by atoms with Gasteiger partial charge in [-0.3, -0.25) is 0 Å². The Balaban J connectivity index is 2.33. The van der Waals surface area contributed by atoms with E-state index in [4.69, 9.17) is 23.2 Å². The first-order valence-corrected chi connectivity index (χ1v) is 6.31.